The zero-order valence-electron chi connectivity index (χ0n) is 27.0. The van der Waals surface area contributed by atoms with E-state index in [1.54, 1.807) is 0 Å². The average Bonchev–Trinajstić information content (AvgIpc) is 3.86. The summed E-state index contributed by atoms with van der Waals surface area (Å²) in [6, 6.07) is 32.8. The number of nitrogens with zero attached hydrogens (tertiary/aromatic N) is 8. The Kier molecular flexibility index (Phi) is 6.36. The second-order valence-corrected chi connectivity index (χ2v) is 17.7. The molecule has 0 unspecified atom stereocenters. The summed E-state index contributed by atoms with van der Waals surface area (Å²) in [6.45, 7) is 5.15. The van der Waals surface area contributed by atoms with Crippen molar-refractivity contribution in [1.82, 2.24) is 7.05 Å². The van der Waals surface area contributed by atoms with E-state index in [4.69, 9.17) is 37.5 Å². The van der Waals surface area contributed by atoms with Gasteiger partial charge in [0.2, 0.25) is 0 Å². The number of benzene rings is 4. The van der Waals surface area contributed by atoms with Crippen molar-refractivity contribution in [2.45, 2.75) is 26.7 Å². The molecule has 0 saturated heterocycles. The van der Waals surface area contributed by atoms with Crippen molar-refractivity contribution < 1.29 is 7.53 Å². The molecule has 4 aliphatic rings. The summed E-state index contributed by atoms with van der Waals surface area (Å²) in [7, 11) is 0. The molecule has 2 aromatic heterocycles. The molecule has 4 aliphatic heterocycles. The van der Waals surface area contributed by atoms with Gasteiger partial charge >= 0.3 is 286 Å². The van der Waals surface area contributed by atoms with Crippen LogP contribution in [0.5, 0.6) is 0 Å². The number of aliphatic imine (C=N–C) groups is 4. The van der Waals surface area contributed by atoms with Crippen LogP contribution in [0, 0.1) is 0 Å². The van der Waals surface area contributed by atoms with Crippen molar-refractivity contribution in [1.29, 1.82) is 0 Å². The van der Waals surface area contributed by atoms with E-state index in [2.05, 4.69) is 69.4 Å². The van der Waals surface area contributed by atoms with E-state index in [0.717, 1.165) is 56.6 Å². The molecule has 238 valence electrons. The van der Waals surface area contributed by atoms with Crippen LogP contribution in [0.1, 0.15) is 48.9 Å². The normalized spacial score (nSPS) is 16.2. The number of hydrogen-bond donors (Lipinski definition) is 0. The zero-order chi connectivity index (χ0) is 32.7. The molecular formula is C38H30GeN8O2. The summed E-state index contributed by atoms with van der Waals surface area (Å²) in [5.41, 5.74) is 5.06. The Bertz CT molecular complexity index is 2490. The molecule has 0 atom stereocenters. The Balaban J connectivity index is 1.53. The van der Waals surface area contributed by atoms with Gasteiger partial charge < -0.3 is 0 Å². The molecule has 6 bridgehead atoms. The zero-order valence-corrected chi connectivity index (χ0v) is 29.1. The van der Waals surface area contributed by atoms with Gasteiger partial charge in [-0.15, -0.1) is 0 Å². The summed E-state index contributed by atoms with van der Waals surface area (Å²) < 4.78 is 19.0. The second kappa shape index (κ2) is 10.9. The SMILES string of the molecule is CCC[O][Ge]1([O]CCC)[n]2c3c4ccccc4c2N=C2N=C(N=c4c5ccccc5c([n]41)=NC1=NC(=N3)c3ccccc31)c1ccccc12. The molecule has 0 saturated carbocycles. The van der Waals surface area contributed by atoms with E-state index in [9.17, 15) is 0 Å². The van der Waals surface area contributed by atoms with E-state index >= 15 is 0 Å². The van der Waals surface area contributed by atoms with E-state index in [0.29, 0.717) is 59.2 Å². The Labute approximate surface area is 284 Å². The van der Waals surface area contributed by atoms with Crippen LogP contribution in [0.3, 0.4) is 0 Å². The maximum absolute atomic E-state index is 7.31. The fourth-order valence-corrected chi connectivity index (χ4v) is 14.5. The van der Waals surface area contributed by atoms with Gasteiger partial charge in [-0.2, -0.15) is 0 Å². The van der Waals surface area contributed by atoms with E-state index in [-0.39, 0.29) is 0 Å². The number of hydrogen-bond acceptors (Lipinski definition) is 8. The van der Waals surface area contributed by atoms with Crippen molar-refractivity contribution in [2.24, 2.45) is 30.0 Å². The third-order valence-corrected chi connectivity index (χ3v) is 15.9. The second-order valence-electron chi connectivity index (χ2n) is 12.4. The molecule has 0 fully saturated rings. The minimum absolute atomic E-state index is 0.458. The van der Waals surface area contributed by atoms with E-state index in [1.165, 1.54) is 0 Å². The topological polar surface area (TPSA) is 102 Å². The molecular weight excluding hydrogens is 673 g/mol. The van der Waals surface area contributed by atoms with Crippen molar-refractivity contribution in [2.75, 3.05) is 13.2 Å². The fraction of sp³-hybridized carbons (Fsp3) is 0.158. The van der Waals surface area contributed by atoms with Gasteiger partial charge in [0.15, 0.2) is 0 Å². The monoisotopic (exact) mass is 704 g/mol. The van der Waals surface area contributed by atoms with Gasteiger partial charge in [0, 0.05) is 0 Å². The molecule has 0 N–H and O–H groups in total. The van der Waals surface area contributed by atoms with Gasteiger partial charge in [-0.3, -0.25) is 0 Å². The van der Waals surface area contributed by atoms with Crippen molar-refractivity contribution in [3.8, 4) is 0 Å². The van der Waals surface area contributed by atoms with Crippen LogP contribution in [-0.4, -0.2) is 58.0 Å². The summed E-state index contributed by atoms with van der Waals surface area (Å²) in [4.78, 5) is 31.9. The standard InChI is InChI=1S/C38H30GeN8O2/c1-3-21-48-39(49-22-4-2)46-35-27-17-9-10-18-28(27)37(46)44-33-25-15-7-8-16-26(25)34(41-33)45-38-30-20-12-11-19-29(30)36(47(38)39)43-32-24-14-6-5-13-23(24)31(40-32)42-35/h5-20H,3-4,21-22H2,1-2H3. The van der Waals surface area contributed by atoms with Gasteiger partial charge in [-0.1, -0.05) is 0 Å². The Morgan fingerprint density at radius 3 is 1.22 bits per heavy atom. The molecule has 0 spiro atoms. The molecule has 10 rings (SSSR count). The molecule has 11 heteroatoms. The predicted molar refractivity (Wildman–Crippen MR) is 194 cm³/mol. The van der Waals surface area contributed by atoms with Crippen LogP contribution < -0.4 is 11.0 Å². The molecule has 0 amide bonds. The number of aromatic nitrogens is 2. The molecule has 6 heterocycles. The number of rotatable bonds is 6. The van der Waals surface area contributed by atoms with Gasteiger partial charge in [0.1, 0.15) is 0 Å². The third kappa shape index (κ3) is 4.02. The first-order valence-electron chi connectivity index (χ1n) is 16.7. The van der Waals surface area contributed by atoms with Gasteiger partial charge in [-0.25, -0.2) is 0 Å². The quantitative estimate of drug-likeness (QED) is 0.192. The van der Waals surface area contributed by atoms with E-state index < -0.39 is 14.4 Å². The first-order chi connectivity index (χ1) is 24.2. The van der Waals surface area contributed by atoms with E-state index in [1.807, 2.05) is 48.5 Å². The van der Waals surface area contributed by atoms with Crippen LogP contribution in [-0.2, 0) is 7.53 Å². The van der Waals surface area contributed by atoms with Crippen molar-refractivity contribution in [3.63, 3.8) is 0 Å². The number of amidine groups is 4. The first kappa shape index (κ1) is 28.7. The van der Waals surface area contributed by atoms with Crippen LogP contribution >= 0.6 is 0 Å². The molecule has 0 aliphatic carbocycles. The number of fused-ring (bicyclic) bond motifs is 14. The molecule has 0 radical (unpaired) electrons. The van der Waals surface area contributed by atoms with Crippen LogP contribution in [0.2, 0.25) is 0 Å². The molecule has 49 heavy (non-hydrogen) atoms. The minimum atomic E-state index is -4.73. The molecule has 10 nitrogen and oxygen atoms in total. The predicted octanol–water partition coefficient (Wildman–Crippen LogP) is 6.22. The van der Waals surface area contributed by atoms with Gasteiger partial charge in [0.05, 0.1) is 0 Å². The van der Waals surface area contributed by atoms with Gasteiger partial charge in [0.25, 0.3) is 0 Å². The Hall–Kier alpha value is -5.30. The maximum atomic E-state index is 7.31. The van der Waals surface area contributed by atoms with Gasteiger partial charge in [-0.05, 0) is 0 Å². The van der Waals surface area contributed by atoms with Crippen molar-refractivity contribution in [3.05, 3.63) is 130 Å². The van der Waals surface area contributed by atoms with Crippen LogP contribution in [0.4, 0.5) is 11.6 Å². The Morgan fingerprint density at radius 2 is 0.816 bits per heavy atom. The summed E-state index contributed by atoms with van der Waals surface area (Å²) in [5.74, 6) is 3.73. The Morgan fingerprint density at radius 1 is 0.449 bits per heavy atom. The summed E-state index contributed by atoms with van der Waals surface area (Å²) in [6.07, 6.45) is 1.57. The summed E-state index contributed by atoms with van der Waals surface area (Å²) in [5, 5.41) is 3.70. The van der Waals surface area contributed by atoms with Crippen LogP contribution in [0.15, 0.2) is 127 Å². The van der Waals surface area contributed by atoms with Crippen molar-refractivity contribution >= 4 is 70.9 Å². The third-order valence-electron chi connectivity index (χ3n) is 9.31. The average molecular weight is 703 g/mol. The van der Waals surface area contributed by atoms with Crippen LogP contribution in [0.25, 0.3) is 21.5 Å². The summed E-state index contributed by atoms with van der Waals surface area (Å²) >= 11 is -4.73. The molecule has 6 aromatic rings. The molecule has 4 aromatic carbocycles. The fourth-order valence-electron chi connectivity index (χ4n) is 7.20. The first-order valence-corrected chi connectivity index (χ1v) is 20.3.